The molecule has 0 bridgehead atoms. The van der Waals surface area contributed by atoms with E-state index in [0.29, 0.717) is 0 Å². The van der Waals surface area contributed by atoms with E-state index < -0.39 is 0 Å². The lowest BCUT2D eigenvalue weighted by Crippen LogP contribution is -2.36. The van der Waals surface area contributed by atoms with Crippen LogP contribution in [-0.4, -0.2) is 43.4 Å². The maximum Gasteiger partial charge on any atom is 0.246 e. The third-order valence-corrected chi connectivity index (χ3v) is 4.50. The number of aromatic nitrogens is 1. The van der Waals surface area contributed by atoms with Crippen LogP contribution in [0.3, 0.4) is 0 Å². The standard InChI is InChI=1S/C17H20N4O2S/c1-13-19-15(12-24-13)10-17(22)20-18-11-14-2-4-16(5-3-14)21-6-8-23-9-7-21/h2-5,11-12H,6-10H2,1H3,(H,20,22)/b18-11-. The molecule has 2 heterocycles. The number of thiazole rings is 1. The highest BCUT2D eigenvalue weighted by atomic mass is 32.1. The third kappa shape index (κ3) is 4.62. The van der Waals surface area contributed by atoms with Crippen molar-refractivity contribution >= 4 is 29.1 Å². The first-order valence-electron chi connectivity index (χ1n) is 7.86. The number of nitrogens with one attached hydrogen (secondary N) is 1. The summed E-state index contributed by atoms with van der Waals surface area (Å²) in [5, 5.41) is 6.86. The van der Waals surface area contributed by atoms with E-state index in [-0.39, 0.29) is 12.3 Å². The van der Waals surface area contributed by atoms with Gasteiger partial charge in [0, 0.05) is 24.2 Å². The normalized spacial score (nSPS) is 15.0. The van der Waals surface area contributed by atoms with Crippen molar-refractivity contribution in [3.8, 4) is 0 Å². The second-order valence-electron chi connectivity index (χ2n) is 5.52. The van der Waals surface area contributed by atoms with Crippen molar-refractivity contribution in [3.05, 3.63) is 45.9 Å². The summed E-state index contributed by atoms with van der Waals surface area (Å²) >= 11 is 1.54. The van der Waals surface area contributed by atoms with Crippen molar-refractivity contribution in [2.24, 2.45) is 5.10 Å². The van der Waals surface area contributed by atoms with Crippen LogP contribution < -0.4 is 10.3 Å². The number of carbonyl (C=O) groups is 1. The minimum Gasteiger partial charge on any atom is -0.378 e. The lowest BCUT2D eigenvalue weighted by molar-refractivity contribution is -0.120. The Balaban J connectivity index is 1.49. The number of rotatable bonds is 5. The maximum absolute atomic E-state index is 11.8. The van der Waals surface area contributed by atoms with Crippen molar-refractivity contribution in [1.29, 1.82) is 0 Å². The molecule has 0 radical (unpaired) electrons. The van der Waals surface area contributed by atoms with E-state index in [4.69, 9.17) is 4.74 Å². The first-order chi connectivity index (χ1) is 11.7. The highest BCUT2D eigenvalue weighted by Crippen LogP contribution is 2.16. The predicted molar refractivity (Wildman–Crippen MR) is 95.8 cm³/mol. The SMILES string of the molecule is Cc1nc(CC(=O)N/N=C\c2ccc(N3CCOCC3)cc2)cs1. The molecule has 24 heavy (non-hydrogen) atoms. The molecule has 7 heteroatoms. The number of hydrazone groups is 1. The van der Waals surface area contributed by atoms with Gasteiger partial charge in [-0.3, -0.25) is 4.79 Å². The van der Waals surface area contributed by atoms with E-state index in [9.17, 15) is 4.79 Å². The molecular formula is C17H20N4O2S. The van der Waals surface area contributed by atoms with Crippen molar-refractivity contribution in [2.45, 2.75) is 13.3 Å². The molecule has 1 amide bonds. The molecule has 1 aromatic heterocycles. The van der Waals surface area contributed by atoms with E-state index >= 15 is 0 Å². The van der Waals surface area contributed by atoms with Gasteiger partial charge in [-0.15, -0.1) is 11.3 Å². The first kappa shape index (κ1) is 16.6. The Labute approximate surface area is 145 Å². The molecule has 1 aromatic carbocycles. The smallest absolute Gasteiger partial charge is 0.246 e. The number of amides is 1. The van der Waals surface area contributed by atoms with E-state index in [2.05, 4.69) is 32.5 Å². The van der Waals surface area contributed by atoms with Gasteiger partial charge in [0.15, 0.2) is 0 Å². The number of nitrogens with zero attached hydrogens (tertiary/aromatic N) is 3. The molecule has 0 spiro atoms. The van der Waals surface area contributed by atoms with Crippen LogP contribution in [0.5, 0.6) is 0 Å². The van der Waals surface area contributed by atoms with Gasteiger partial charge in [0.1, 0.15) is 0 Å². The van der Waals surface area contributed by atoms with Crippen molar-refractivity contribution in [2.75, 3.05) is 31.2 Å². The van der Waals surface area contributed by atoms with E-state index in [0.717, 1.165) is 42.6 Å². The number of carbonyl (C=O) groups excluding carboxylic acids is 1. The van der Waals surface area contributed by atoms with Crippen LogP contribution in [-0.2, 0) is 16.0 Å². The third-order valence-electron chi connectivity index (χ3n) is 3.68. The summed E-state index contributed by atoms with van der Waals surface area (Å²) in [6, 6.07) is 8.10. The molecule has 0 atom stereocenters. The summed E-state index contributed by atoms with van der Waals surface area (Å²) in [6.07, 6.45) is 1.89. The Morgan fingerprint density at radius 2 is 2.12 bits per heavy atom. The van der Waals surface area contributed by atoms with Crippen LogP contribution in [0.1, 0.15) is 16.3 Å². The summed E-state index contributed by atoms with van der Waals surface area (Å²) in [6.45, 7) is 5.30. The Morgan fingerprint density at radius 3 is 2.79 bits per heavy atom. The van der Waals surface area contributed by atoms with Crippen LogP contribution in [0, 0.1) is 6.92 Å². The molecule has 3 rings (SSSR count). The predicted octanol–water partition coefficient (Wildman–Crippen LogP) is 1.98. The van der Waals surface area contributed by atoms with Gasteiger partial charge in [0.05, 0.1) is 36.6 Å². The van der Waals surface area contributed by atoms with Gasteiger partial charge in [-0.2, -0.15) is 5.10 Å². The highest BCUT2D eigenvalue weighted by molar-refractivity contribution is 7.09. The lowest BCUT2D eigenvalue weighted by Gasteiger charge is -2.28. The average Bonchev–Trinajstić information content (AvgIpc) is 3.01. The summed E-state index contributed by atoms with van der Waals surface area (Å²) < 4.78 is 5.36. The number of aryl methyl sites for hydroxylation is 1. The molecule has 1 aliphatic heterocycles. The minimum atomic E-state index is -0.165. The van der Waals surface area contributed by atoms with Gasteiger partial charge >= 0.3 is 0 Å². The number of benzene rings is 1. The Morgan fingerprint density at radius 1 is 1.38 bits per heavy atom. The summed E-state index contributed by atoms with van der Waals surface area (Å²) in [5.74, 6) is -0.165. The number of ether oxygens (including phenoxy) is 1. The van der Waals surface area contributed by atoms with Gasteiger partial charge in [0.25, 0.3) is 0 Å². The zero-order valence-corrected chi connectivity index (χ0v) is 14.4. The molecule has 1 N–H and O–H groups in total. The van der Waals surface area contributed by atoms with Crippen molar-refractivity contribution in [1.82, 2.24) is 10.4 Å². The molecular weight excluding hydrogens is 324 g/mol. The lowest BCUT2D eigenvalue weighted by atomic mass is 10.2. The number of hydrogen-bond acceptors (Lipinski definition) is 6. The largest absolute Gasteiger partial charge is 0.378 e. The summed E-state index contributed by atoms with van der Waals surface area (Å²) in [4.78, 5) is 18.4. The highest BCUT2D eigenvalue weighted by Gasteiger charge is 2.10. The van der Waals surface area contributed by atoms with Gasteiger partial charge in [-0.1, -0.05) is 12.1 Å². The van der Waals surface area contributed by atoms with Gasteiger partial charge in [-0.25, -0.2) is 10.4 Å². The van der Waals surface area contributed by atoms with E-state index in [1.807, 2.05) is 24.4 Å². The monoisotopic (exact) mass is 344 g/mol. The van der Waals surface area contributed by atoms with Crippen LogP contribution in [0.4, 0.5) is 5.69 Å². The maximum atomic E-state index is 11.8. The molecule has 1 saturated heterocycles. The summed E-state index contributed by atoms with van der Waals surface area (Å²) in [5.41, 5.74) is 5.43. The summed E-state index contributed by atoms with van der Waals surface area (Å²) in [7, 11) is 0. The zero-order valence-electron chi connectivity index (χ0n) is 13.6. The van der Waals surface area contributed by atoms with E-state index in [1.165, 1.54) is 17.0 Å². The minimum absolute atomic E-state index is 0.165. The number of hydrogen-bond donors (Lipinski definition) is 1. The molecule has 1 aliphatic rings. The molecule has 2 aromatic rings. The van der Waals surface area contributed by atoms with Gasteiger partial charge in [-0.05, 0) is 24.6 Å². The Hall–Kier alpha value is -2.25. The fourth-order valence-corrected chi connectivity index (χ4v) is 3.08. The van der Waals surface area contributed by atoms with Crippen molar-refractivity contribution in [3.63, 3.8) is 0 Å². The molecule has 0 unspecified atom stereocenters. The Kier molecular flexibility index (Phi) is 5.55. The van der Waals surface area contributed by atoms with Gasteiger partial charge in [0.2, 0.25) is 5.91 Å². The fourth-order valence-electron chi connectivity index (χ4n) is 2.47. The molecule has 6 nitrogen and oxygen atoms in total. The Bertz CT molecular complexity index is 706. The van der Waals surface area contributed by atoms with Crippen molar-refractivity contribution < 1.29 is 9.53 Å². The van der Waals surface area contributed by atoms with Gasteiger partial charge < -0.3 is 9.64 Å². The first-order valence-corrected chi connectivity index (χ1v) is 8.74. The van der Waals surface area contributed by atoms with Crippen LogP contribution in [0.2, 0.25) is 0 Å². The quantitative estimate of drug-likeness (QED) is 0.665. The molecule has 1 fully saturated rings. The molecule has 126 valence electrons. The second-order valence-corrected chi connectivity index (χ2v) is 6.58. The zero-order chi connectivity index (χ0) is 16.8. The number of anilines is 1. The van der Waals surface area contributed by atoms with Crippen LogP contribution in [0.15, 0.2) is 34.7 Å². The number of morpholine rings is 1. The van der Waals surface area contributed by atoms with Crippen LogP contribution in [0.25, 0.3) is 0 Å². The average molecular weight is 344 g/mol. The second kappa shape index (κ2) is 8.03. The molecule has 0 saturated carbocycles. The fraction of sp³-hybridized carbons (Fsp3) is 0.353. The van der Waals surface area contributed by atoms with E-state index in [1.54, 1.807) is 6.21 Å². The topological polar surface area (TPSA) is 66.8 Å². The van der Waals surface area contributed by atoms with Crippen LogP contribution >= 0.6 is 11.3 Å². The molecule has 0 aliphatic carbocycles.